The molecule has 124 valence electrons. The molecule has 5 heteroatoms. The molecule has 0 bridgehead atoms. The number of cyclic esters (lactones) is 1. The minimum absolute atomic E-state index is 0.346. The largest absolute Gasteiger partial charge is 0.457 e. The highest BCUT2D eigenvalue weighted by Crippen LogP contribution is 2.17. The van der Waals surface area contributed by atoms with Crippen molar-refractivity contribution in [1.82, 2.24) is 5.32 Å². The molecule has 1 amide bonds. The number of nitrogens with one attached hydrogen (secondary N) is 1. The van der Waals surface area contributed by atoms with Crippen LogP contribution in [0.2, 0.25) is 0 Å². The van der Waals surface area contributed by atoms with Gasteiger partial charge in [0, 0.05) is 12.5 Å². The van der Waals surface area contributed by atoms with Crippen molar-refractivity contribution in [2.45, 2.75) is 51.4 Å². The fourth-order valence-corrected chi connectivity index (χ4v) is 2.38. The van der Waals surface area contributed by atoms with Gasteiger partial charge in [-0.2, -0.15) is 0 Å². The van der Waals surface area contributed by atoms with Crippen molar-refractivity contribution in [3.63, 3.8) is 0 Å². The topological polar surface area (TPSA) is 64.6 Å². The summed E-state index contributed by atoms with van der Waals surface area (Å²) in [6.45, 7) is 5.42. The van der Waals surface area contributed by atoms with E-state index < -0.39 is 17.8 Å². The molecule has 0 unspecified atom stereocenters. The van der Waals surface area contributed by atoms with Crippen LogP contribution < -0.4 is 5.32 Å². The zero-order valence-corrected chi connectivity index (χ0v) is 13.7. The Morgan fingerprint density at radius 2 is 2.04 bits per heavy atom. The number of esters is 1. The van der Waals surface area contributed by atoms with Crippen LogP contribution in [-0.2, 0) is 20.7 Å². The van der Waals surface area contributed by atoms with Crippen LogP contribution >= 0.6 is 0 Å². The zero-order valence-electron chi connectivity index (χ0n) is 13.7. The van der Waals surface area contributed by atoms with Crippen LogP contribution in [-0.4, -0.2) is 29.8 Å². The van der Waals surface area contributed by atoms with Gasteiger partial charge < -0.3 is 14.8 Å². The molecule has 0 spiro atoms. The van der Waals surface area contributed by atoms with Gasteiger partial charge in [0.15, 0.2) is 0 Å². The molecule has 1 aliphatic heterocycles. The lowest BCUT2D eigenvalue weighted by Crippen LogP contribution is -2.48. The van der Waals surface area contributed by atoms with Gasteiger partial charge >= 0.3 is 12.1 Å². The molecule has 23 heavy (non-hydrogen) atoms. The Hall–Kier alpha value is -2.30. The van der Waals surface area contributed by atoms with E-state index in [0.717, 1.165) is 5.56 Å². The van der Waals surface area contributed by atoms with Gasteiger partial charge in [-0.1, -0.05) is 36.4 Å². The summed E-state index contributed by atoms with van der Waals surface area (Å²) in [7, 11) is 0. The van der Waals surface area contributed by atoms with Gasteiger partial charge in [-0.15, -0.1) is 0 Å². The number of alkyl carbamates (subject to hydrolysis) is 1. The number of rotatable bonds is 4. The first-order valence-corrected chi connectivity index (χ1v) is 7.74. The lowest BCUT2D eigenvalue weighted by atomic mass is 9.98. The van der Waals surface area contributed by atoms with Gasteiger partial charge in [0.05, 0.1) is 6.04 Å². The molecule has 2 rings (SSSR count). The van der Waals surface area contributed by atoms with E-state index in [9.17, 15) is 9.59 Å². The predicted octanol–water partition coefficient (Wildman–Crippen LogP) is 2.99. The molecule has 0 aromatic heterocycles. The molecule has 1 aliphatic rings. The van der Waals surface area contributed by atoms with Crippen molar-refractivity contribution in [2.75, 3.05) is 0 Å². The number of carbonyl (C=O) groups excluding carboxylic acids is 2. The maximum Gasteiger partial charge on any atom is 0.408 e. The van der Waals surface area contributed by atoms with Crippen molar-refractivity contribution in [3.05, 3.63) is 48.0 Å². The molecule has 1 heterocycles. The van der Waals surface area contributed by atoms with E-state index in [0.29, 0.717) is 12.8 Å². The van der Waals surface area contributed by atoms with Crippen molar-refractivity contribution >= 4 is 12.1 Å². The second-order valence-electron chi connectivity index (χ2n) is 6.56. The summed E-state index contributed by atoms with van der Waals surface area (Å²) < 4.78 is 10.7. The first kappa shape index (κ1) is 17.1. The van der Waals surface area contributed by atoms with E-state index in [4.69, 9.17) is 9.47 Å². The minimum Gasteiger partial charge on any atom is -0.457 e. The monoisotopic (exact) mass is 317 g/mol. The Balaban J connectivity index is 2.09. The molecule has 1 aromatic rings. The zero-order chi connectivity index (χ0) is 16.9. The average Bonchev–Trinajstić information content (AvgIpc) is 2.45. The highest BCUT2D eigenvalue weighted by Gasteiger charge is 2.29. The third-order valence-electron chi connectivity index (χ3n) is 3.34. The fraction of sp³-hybridized carbons (Fsp3) is 0.444. The van der Waals surface area contributed by atoms with E-state index in [1.54, 1.807) is 6.08 Å². The lowest BCUT2D eigenvalue weighted by Gasteiger charge is -2.30. The summed E-state index contributed by atoms with van der Waals surface area (Å²) in [5.74, 6) is -0.384. The van der Waals surface area contributed by atoms with Crippen LogP contribution in [0, 0.1) is 0 Å². The fourth-order valence-electron chi connectivity index (χ4n) is 2.38. The molecule has 0 saturated carbocycles. The minimum atomic E-state index is -0.579. The van der Waals surface area contributed by atoms with Gasteiger partial charge in [-0.05, 0) is 32.8 Å². The number of hydrogen-bond acceptors (Lipinski definition) is 4. The Morgan fingerprint density at radius 3 is 2.65 bits per heavy atom. The Bertz CT molecular complexity index is 574. The Labute approximate surface area is 136 Å². The Morgan fingerprint density at radius 1 is 1.35 bits per heavy atom. The van der Waals surface area contributed by atoms with Crippen LogP contribution in [0.4, 0.5) is 4.79 Å². The molecular weight excluding hydrogens is 294 g/mol. The normalized spacial score (nSPS) is 18.9. The van der Waals surface area contributed by atoms with Gasteiger partial charge in [0.2, 0.25) is 0 Å². The maximum atomic E-state index is 12.1. The van der Waals surface area contributed by atoms with E-state index in [2.05, 4.69) is 5.32 Å². The third kappa shape index (κ3) is 5.77. The summed E-state index contributed by atoms with van der Waals surface area (Å²) in [5.41, 5.74) is 0.476. The van der Waals surface area contributed by atoms with Crippen LogP contribution in [0.1, 0.15) is 32.8 Å². The maximum absolute atomic E-state index is 12.1. The number of benzene rings is 1. The summed E-state index contributed by atoms with van der Waals surface area (Å²) in [5, 5.41) is 2.84. The molecule has 5 nitrogen and oxygen atoms in total. The van der Waals surface area contributed by atoms with Crippen LogP contribution in [0.3, 0.4) is 0 Å². The van der Waals surface area contributed by atoms with Crippen molar-refractivity contribution in [3.8, 4) is 0 Å². The van der Waals surface area contributed by atoms with E-state index in [-0.39, 0.29) is 12.0 Å². The summed E-state index contributed by atoms with van der Waals surface area (Å²) in [6.07, 6.45) is 3.39. The first-order chi connectivity index (χ1) is 10.8. The van der Waals surface area contributed by atoms with E-state index in [1.165, 1.54) is 6.08 Å². The predicted molar refractivity (Wildman–Crippen MR) is 86.9 cm³/mol. The second-order valence-corrected chi connectivity index (χ2v) is 6.56. The summed E-state index contributed by atoms with van der Waals surface area (Å²) in [6, 6.07) is 9.41. The van der Waals surface area contributed by atoms with Gasteiger partial charge in [0.1, 0.15) is 11.7 Å². The molecule has 2 atom stereocenters. The number of amides is 1. The first-order valence-electron chi connectivity index (χ1n) is 7.74. The smallest absolute Gasteiger partial charge is 0.408 e. The molecule has 0 saturated heterocycles. The standard InChI is InChI=1S/C18H23NO4/c1-18(2,3)23-17(21)19-14(12-13-8-5-4-6-9-13)15-10-7-11-16(20)22-15/h4-9,11,14-15H,10,12H2,1-3H3,(H,19,21)/t14-,15-/m0/s1. The van der Waals surface area contributed by atoms with Gasteiger partial charge in [0.25, 0.3) is 0 Å². The van der Waals surface area contributed by atoms with Crippen LogP contribution in [0.5, 0.6) is 0 Å². The number of carbonyl (C=O) groups is 2. The molecule has 1 aromatic carbocycles. The van der Waals surface area contributed by atoms with E-state index in [1.807, 2.05) is 51.1 Å². The van der Waals surface area contributed by atoms with Crippen LogP contribution in [0.15, 0.2) is 42.5 Å². The van der Waals surface area contributed by atoms with Crippen molar-refractivity contribution < 1.29 is 19.1 Å². The summed E-state index contributed by atoms with van der Waals surface area (Å²) in [4.78, 5) is 23.6. The SMILES string of the molecule is CC(C)(C)OC(=O)N[C@@H](Cc1ccccc1)[C@@H]1CC=CC(=O)O1. The highest BCUT2D eigenvalue weighted by molar-refractivity contribution is 5.83. The van der Waals surface area contributed by atoms with Crippen LogP contribution in [0.25, 0.3) is 0 Å². The number of ether oxygens (including phenoxy) is 2. The Kier molecular flexibility index (Phi) is 5.42. The molecule has 1 N–H and O–H groups in total. The third-order valence-corrected chi connectivity index (χ3v) is 3.34. The molecule has 0 radical (unpaired) electrons. The van der Waals surface area contributed by atoms with Crippen molar-refractivity contribution in [2.24, 2.45) is 0 Å². The molecular formula is C18H23NO4. The second kappa shape index (κ2) is 7.31. The van der Waals surface area contributed by atoms with Crippen molar-refractivity contribution in [1.29, 1.82) is 0 Å². The quantitative estimate of drug-likeness (QED) is 0.867. The average molecular weight is 317 g/mol. The molecule has 0 aliphatic carbocycles. The lowest BCUT2D eigenvalue weighted by molar-refractivity contribution is -0.145. The van der Waals surface area contributed by atoms with Gasteiger partial charge in [-0.3, -0.25) is 0 Å². The highest BCUT2D eigenvalue weighted by atomic mass is 16.6. The molecule has 0 fully saturated rings. The van der Waals surface area contributed by atoms with Gasteiger partial charge in [-0.25, -0.2) is 9.59 Å². The summed E-state index contributed by atoms with van der Waals surface area (Å²) >= 11 is 0. The van der Waals surface area contributed by atoms with E-state index >= 15 is 0 Å². The number of hydrogen-bond donors (Lipinski definition) is 1.